The van der Waals surface area contributed by atoms with Gasteiger partial charge in [-0.3, -0.25) is 9.69 Å². The second-order valence-electron chi connectivity index (χ2n) is 8.02. The number of H-pyrrole nitrogens is 1. The zero-order valence-corrected chi connectivity index (χ0v) is 20.7. The SMILES string of the molecule is COc1ccc(C=C2SC(=S)N(CCc3ccc(C(=O)O)cc3)C2=O)cc1-c1ccc2[nH]cnc2n1. The molecular formula is C26H20N4O4S2. The molecule has 0 unspecified atom stereocenters. The molecule has 180 valence electrons. The molecule has 10 heteroatoms. The largest absolute Gasteiger partial charge is 0.496 e. The Labute approximate surface area is 216 Å². The number of hydrogen-bond donors (Lipinski definition) is 2. The molecule has 2 aromatic carbocycles. The van der Waals surface area contributed by atoms with E-state index in [9.17, 15) is 9.59 Å². The molecule has 0 radical (unpaired) electrons. The van der Waals surface area contributed by atoms with Crippen molar-refractivity contribution in [2.24, 2.45) is 0 Å². The number of aromatic nitrogens is 3. The molecule has 0 spiro atoms. The first-order valence-electron chi connectivity index (χ1n) is 11.0. The molecular weight excluding hydrogens is 496 g/mol. The van der Waals surface area contributed by atoms with Crippen LogP contribution in [-0.2, 0) is 11.2 Å². The zero-order valence-electron chi connectivity index (χ0n) is 19.1. The third-order valence-electron chi connectivity index (χ3n) is 5.78. The van der Waals surface area contributed by atoms with E-state index in [0.717, 1.165) is 22.2 Å². The third-order valence-corrected chi connectivity index (χ3v) is 7.16. The second kappa shape index (κ2) is 9.92. The predicted octanol–water partition coefficient (Wildman–Crippen LogP) is 4.78. The maximum Gasteiger partial charge on any atom is 0.335 e. The Morgan fingerprint density at radius 3 is 2.75 bits per heavy atom. The molecule has 0 aliphatic carbocycles. The lowest BCUT2D eigenvalue weighted by Gasteiger charge is -2.14. The van der Waals surface area contributed by atoms with Crippen molar-refractivity contribution in [3.63, 3.8) is 0 Å². The molecule has 3 heterocycles. The number of fused-ring (bicyclic) bond motifs is 1. The first kappa shape index (κ1) is 23.7. The molecule has 1 amide bonds. The minimum absolute atomic E-state index is 0.152. The number of aromatic carboxylic acids is 1. The summed E-state index contributed by atoms with van der Waals surface area (Å²) in [5.74, 6) is -0.459. The number of carbonyl (C=O) groups is 2. The molecule has 1 aliphatic heterocycles. The molecule has 36 heavy (non-hydrogen) atoms. The van der Waals surface area contributed by atoms with Crippen LogP contribution in [0.5, 0.6) is 5.75 Å². The molecule has 1 saturated heterocycles. The molecule has 1 fully saturated rings. The Morgan fingerprint density at radius 2 is 2.00 bits per heavy atom. The number of thiocarbonyl (C=S) groups is 1. The lowest BCUT2D eigenvalue weighted by Crippen LogP contribution is -2.30. The van der Waals surface area contributed by atoms with Gasteiger partial charge in [-0.15, -0.1) is 0 Å². The highest BCUT2D eigenvalue weighted by Gasteiger charge is 2.31. The summed E-state index contributed by atoms with van der Waals surface area (Å²) >= 11 is 6.73. The van der Waals surface area contributed by atoms with E-state index in [1.807, 2.05) is 36.4 Å². The highest BCUT2D eigenvalue weighted by atomic mass is 32.2. The van der Waals surface area contributed by atoms with Crippen molar-refractivity contribution < 1.29 is 19.4 Å². The van der Waals surface area contributed by atoms with E-state index in [0.29, 0.717) is 39.3 Å². The first-order chi connectivity index (χ1) is 17.4. The zero-order chi connectivity index (χ0) is 25.2. The van der Waals surface area contributed by atoms with Crippen molar-refractivity contribution in [2.75, 3.05) is 13.7 Å². The molecule has 1 aliphatic rings. The van der Waals surface area contributed by atoms with Gasteiger partial charge in [-0.2, -0.15) is 0 Å². The Bertz CT molecular complexity index is 1530. The number of imidazole rings is 1. The number of rotatable bonds is 7. The Kier molecular flexibility index (Phi) is 6.53. The van der Waals surface area contributed by atoms with Gasteiger partial charge in [-0.1, -0.05) is 42.2 Å². The molecule has 0 saturated carbocycles. The maximum absolute atomic E-state index is 13.1. The number of pyridine rings is 1. The van der Waals surface area contributed by atoms with Crippen LogP contribution >= 0.6 is 24.0 Å². The highest BCUT2D eigenvalue weighted by Crippen LogP contribution is 2.35. The van der Waals surface area contributed by atoms with Gasteiger partial charge in [0.2, 0.25) is 0 Å². The minimum Gasteiger partial charge on any atom is -0.496 e. The summed E-state index contributed by atoms with van der Waals surface area (Å²) in [5.41, 5.74) is 4.93. The number of aromatic amines is 1. The average molecular weight is 517 g/mol. The number of ether oxygens (including phenoxy) is 1. The number of carboxylic acid groups (broad SMARTS) is 1. The monoisotopic (exact) mass is 516 g/mol. The van der Waals surface area contributed by atoms with E-state index >= 15 is 0 Å². The summed E-state index contributed by atoms with van der Waals surface area (Å²) < 4.78 is 6.04. The summed E-state index contributed by atoms with van der Waals surface area (Å²) in [5, 5.41) is 9.05. The number of carbonyl (C=O) groups excluding carboxylic acids is 1. The van der Waals surface area contributed by atoms with Crippen LogP contribution in [0.25, 0.3) is 28.5 Å². The van der Waals surface area contributed by atoms with Crippen LogP contribution in [0.1, 0.15) is 21.5 Å². The van der Waals surface area contributed by atoms with Crippen molar-refractivity contribution in [2.45, 2.75) is 6.42 Å². The number of amides is 1. The summed E-state index contributed by atoms with van der Waals surface area (Å²) in [7, 11) is 1.60. The number of hydrogen-bond acceptors (Lipinski definition) is 7. The molecule has 2 N–H and O–H groups in total. The number of nitrogens with zero attached hydrogens (tertiary/aromatic N) is 3. The van der Waals surface area contributed by atoms with Crippen LogP contribution in [0.3, 0.4) is 0 Å². The lowest BCUT2D eigenvalue weighted by molar-refractivity contribution is -0.122. The fourth-order valence-corrected chi connectivity index (χ4v) is 5.20. The standard InChI is InChI=1S/C26H20N4O4S2/c1-34-21-9-4-16(12-18(21)19-7-8-20-23(29-19)28-14-27-20)13-22-24(31)30(26(35)36-22)11-10-15-2-5-17(6-3-15)25(32)33/h2-9,12-14H,10-11H2,1H3,(H,32,33)(H,27,28,29). The van der Waals surface area contributed by atoms with Crippen molar-refractivity contribution in [3.05, 3.63) is 82.5 Å². The Hall–Kier alpha value is -4.02. The van der Waals surface area contributed by atoms with Gasteiger partial charge in [-0.05, 0) is 60.0 Å². The van der Waals surface area contributed by atoms with Crippen LogP contribution in [0, 0.1) is 0 Å². The second-order valence-corrected chi connectivity index (χ2v) is 9.69. The van der Waals surface area contributed by atoms with Crippen LogP contribution in [-0.4, -0.2) is 54.8 Å². The van der Waals surface area contributed by atoms with Crippen molar-refractivity contribution in [3.8, 4) is 17.0 Å². The molecule has 0 atom stereocenters. The van der Waals surface area contributed by atoms with Crippen LogP contribution in [0.4, 0.5) is 0 Å². The van der Waals surface area contributed by atoms with Gasteiger partial charge >= 0.3 is 5.97 Å². The summed E-state index contributed by atoms with van der Waals surface area (Å²) in [6, 6.07) is 16.1. The number of benzene rings is 2. The fraction of sp³-hybridized carbons (Fsp3) is 0.115. The van der Waals surface area contributed by atoms with Gasteiger partial charge in [0.1, 0.15) is 10.1 Å². The highest BCUT2D eigenvalue weighted by molar-refractivity contribution is 8.26. The van der Waals surface area contributed by atoms with Crippen molar-refractivity contribution in [1.82, 2.24) is 19.9 Å². The van der Waals surface area contributed by atoms with E-state index in [-0.39, 0.29) is 11.5 Å². The Balaban J connectivity index is 1.36. The van der Waals surface area contributed by atoms with E-state index < -0.39 is 5.97 Å². The van der Waals surface area contributed by atoms with E-state index in [1.165, 1.54) is 11.8 Å². The summed E-state index contributed by atoms with van der Waals surface area (Å²) in [6.07, 6.45) is 3.98. The number of thioether (sulfide) groups is 1. The van der Waals surface area contributed by atoms with Crippen molar-refractivity contribution >= 4 is 57.4 Å². The number of carboxylic acids is 1. The van der Waals surface area contributed by atoms with Gasteiger partial charge in [0.15, 0.2) is 5.65 Å². The van der Waals surface area contributed by atoms with Gasteiger partial charge in [0.05, 0.1) is 35.1 Å². The Morgan fingerprint density at radius 1 is 1.19 bits per heavy atom. The smallest absolute Gasteiger partial charge is 0.335 e. The molecule has 8 nitrogen and oxygen atoms in total. The molecule has 5 rings (SSSR count). The number of nitrogens with one attached hydrogen (secondary N) is 1. The number of methoxy groups -OCH3 is 1. The first-order valence-corrected chi connectivity index (χ1v) is 12.2. The van der Waals surface area contributed by atoms with E-state index in [4.69, 9.17) is 22.1 Å². The third kappa shape index (κ3) is 4.73. The summed E-state index contributed by atoms with van der Waals surface area (Å²) in [6.45, 7) is 0.413. The fourth-order valence-electron chi connectivity index (χ4n) is 3.89. The molecule has 4 aromatic rings. The van der Waals surface area contributed by atoms with Crippen LogP contribution < -0.4 is 4.74 Å². The quantitative estimate of drug-likeness (QED) is 0.267. The molecule has 2 aromatic heterocycles. The van der Waals surface area contributed by atoms with Gasteiger partial charge in [0.25, 0.3) is 5.91 Å². The maximum atomic E-state index is 13.1. The normalized spacial score (nSPS) is 14.7. The predicted molar refractivity (Wildman–Crippen MR) is 143 cm³/mol. The molecule has 0 bridgehead atoms. The van der Waals surface area contributed by atoms with Crippen LogP contribution in [0.2, 0.25) is 0 Å². The lowest BCUT2D eigenvalue weighted by atomic mass is 10.1. The van der Waals surface area contributed by atoms with E-state index in [1.54, 1.807) is 42.6 Å². The minimum atomic E-state index is -0.970. The van der Waals surface area contributed by atoms with Gasteiger partial charge in [0, 0.05) is 12.1 Å². The van der Waals surface area contributed by atoms with Gasteiger partial charge < -0.3 is 14.8 Å². The van der Waals surface area contributed by atoms with Crippen LogP contribution in [0.15, 0.2) is 65.8 Å². The average Bonchev–Trinajstić information content (AvgIpc) is 3.46. The summed E-state index contributed by atoms with van der Waals surface area (Å²) in [4.78, 5) is 38.1. The van der Waals surface area contributed by atoms with E-state index in [2.05, 4.69) is 15.0 Å². The van der Waals surface area contributed by atoms with Gasteiger partial charge in [-0.25, -0.2) is 14.8 Å². The topological polar surface area (TPSA) is 108 Å². The van der Waals surface area contributed by atoms with Crippen molar-refractivity contribution in [1.29, 1.82) is 0 Å².